The Bertz CT molecular complexity index is 720. The van der Waals surface area contributed by atoms with Gasteiger partial charge in [-0.3, -0.25) is 9.59 Å². The smallest absolute Gasteiger partial charge is 0.265 e. The molecule has 0 saturated carbocycles. The fourth-order valence-corrected chi connectivity index (χ4v) is 3.09. The Balaban J connectivity index is 1.95. The van der Waals surface area contributed by atoms with Crippen LogP contribution in [0.4, 0.5) is 5.69 Å². The van der Waals surface area contributed by atoms with Gasteiger partial charge in [-0.25, -0.2) is 0 Å². The molecule has 6 heteroatoms. The molecule has 0 aliphatic carbocycles. The molecule has 0 spiro atoms. The quantitative estimate of drug-likeness (QED) is 0.873. The molecule has 24 heavy (non-hydrogen) atoms. The molecule has 5 nitrogen and oxygen atoms in total. The van der Waals surface area contributed by atoms with Crippen LogP contribution in [0.15, 0.2) is 30.3 Å². The molecule has 0 radical (unpaired) electrons. The van der Waals surface area contributed by atoms with Gasteiger partial charge in [0.1, 0.15) is 5.75 Å². The lowest BCUT2D eigenvalue weighted by molar-refractivity contribution is -0.130. The molecule has 1 aromatic heterocycles. The van der Waals surface area contributed by atoms with E-state index in [-0.39, 0.29) is 18.4 Å². The van der Waals surface area contributed by atoms with Crippen molar-refractivity contribution in [1.29, 1.82) is 0 Å². The highest BCUT2D eigenvalue weighted by atomic mass is 32.1. The molecule has 0 aliphatic heterocycles. The molecule has 0 fully saturated rings. The van der Waals surface area contributed by atoms with E-state index >= 15 is 0 Å². The average Bonchev–Trinajstić information content (AvgIpc) is 2.94. The zero-order valence-corrected chi connectivity index (χ0v) is 15.2. The van der Waals surface area contributed by atoms with Gasteiger partial charge < -0.3 is 15.0 Å². The van der Waals surface area contributed by atoms with Gasteiger partial charge >= 0.3 is 0 Å². The number of hydrogen-bond donors (Lipinski definition) is 1. The van der Waals surface area contributed by atoms with Gasteiger partial charge in [0.05, 0.1) is 4.88 Å². The summed E-state index contributed by atoms with van der Waals surface area (Å²) in [6.45, 7) is 4.10. The topological polar surface area (TPSA) is 58.6 Å². The van der Waals surface area contributed by atoms with E-state index in [0.29, 0.717) is 16.3 Å². The number of nitrogens with one attached hydrogen (secondary N) is 1. The number of likely N-dealkylation sites (N-methyl/N-ethyl adjacent to an activating group) is 1. The van der Waals surface area contributed by atoms with Crippen LogP contribution in [-0.4, -0.2) is 37.4 Å². The maximum absolute atomic E-state index is 12.3. The lowest BCUT2D eigenvalue weighted by Gasteiger charge is -2.11. The van der Waals surface area contributed by atoms with Crippen LogP contribution in [0.2, 0.25) is 0 Å². The van der Waals surface area contributed by atoms with E-state index in [4.69, 9.17) is 4.74 Å². The summed E-state index contributed by atoms with van der Waals surface area (Å²) >= 11 is 1.50. The SMILES string of the molecule is CCc1cc(C(=O)Nc2ccc(OCC(=O)N(C)C)cc2)sc1C. The largest absolute Gasteiger partial charge is 0.484 e. The number of amides is 2. The predicted octanol–water partition coefficient (Wildman–Crippen LogP) is 3.34. The van der Waals surface area contributed by atoms with Crippen LogP contribution in [0.5, 0.6) is 5.75 Å². The zero-order valence-electron chi connectivity index (χ0n) is 14.4. The number of carbonyl (C=O) groups is 2. The van der Waals surface area contributed by atoms with E-state index in [2.05, 4.69) is 12.2 Å². The van der Waals surface area contributed by atoms with Gasteiger partial charge in [0.25, 0.3) is 11.8 Å². The van der Waals surface area contributed by atoms with E-state index in [9.17, 15) is 9.59 Å². The minimum atomic E-state index is -0.112. The molecule has 2 aromatic rings. The minimum Gasteiger partial charge on any atom is -0.484 e. The number of carbonyl (C=O) groups excluding carboxylic acids is 2. The first-order chi connectivity index (χ1) is 11.4. The molecular weight excluding hydrogens is 324 g/mol. The van der Waals surface area contributed by atoms with Gasteiger partial charge in [-0.2, -0.15) is 0 Å². The standard InChI is InChI=1S/C18H22N2O3S/c1-5-13-10-16(24-12(13)2)18(22)19-14-6-8-15(9-7-14)23-11-17(21)20(3)4/h6-10H,5,11H2,1-4H3,(H,19,22). The van der Waals surface area contributed by atoms with Crippen LogP contribution in [0.3, 0.4) is 0 Å². The number of benzene rings is 1. The molecule has 1 N–H and O–H groups in total. The van der Waals surface area contributed by atoms with Gasteiger partial charge in [-0.05, 0) is 49.2 Å². The maximum atomic E-state index is 12.3. The third-order valence-corrected chi connectivity index (χ3v) is 4.69. The third-order valence-electron chi connectivity index (χ3n) is 3.60. The Labute approximate surface area is 146 Å². The lowest BCUT2D eigenvalue weighted by atomic mass is 10.2. The molecule has 0 atom stereocenters. The number of anilines is 1. The summed E-state index contributed by atoms with van der Waals surface area (Å²) < 4.78 is 5.41. The van der Waals surface area contributed by atoms with Gasteiger partial charge in [-0.1, -0.05) is 6.92 Å². The van der Waals surface area contributed by atoms with Crippen molar-refractivity contribution in [1.82, 2.24) is 4.90 Å². The first-order valence-electron chi connectivity index (χ1n) is 7.74. The Morgan fingerprint density at radius 2 is 1.88 bits per heavy atom. The normalized spacial score (nSPS) is 10.3. The summed E-state index contributed by atoms with van der Waals surface area (Å²) in [5.74, 6) is 0.370. The van der Waals surface area contributed by atoms with Crippen molar-refractivity contribution in [2.24, 2.45) is 0 Å². The molecule has 0 aliphatic rings. The number of nitrogens with zero attached hydrogens (tertiary/aromatic N) is 1. The van der Waals surface area contributed by atoms with E-state index in [1.54, 1.807) is 38.4 Å². The summed E-state index contributed by atoms with van der Waals surface area (Å²) in [6.07, 6.45) is 0.924. The number of ether oxygens (including phenoxy) is 1. The number of thiophene rings is 1. The fraction of sp³-hybridized carbons (Fsp3) is 0.333. The summed E-state index contributed by atoms with van der Waals surface area (Å²) in [6, 6.07) is 8.92. The second kappa shape index (κ2) is 7.97. The minimum absolute atomic E-state index is 0.00697. The average molecular weight is 346 g/mol. The lowest BCUT2D eigenvalue weighted by Crippen LogP contribution is -2.27. The van der Waals surface area contributed by atoms with Crippen molar-refractivity contribution in [3.05, 3.63) is 45.6 Å². The maximum Gasteiger partial charge on any atom is 0.265 e. The van der Waals surface area contributed by atoms with Crippen LogP contribution >= 0.6 is 11.3 Å². The molecule has 2 rings (SSSR count). The van der Waals surface area contributed by atoms with Crippen molar-refractivity contribution in [3.8, 4) is 5.75 Å². The number of aryl methyl sites for hydroxylation is 2. The van der Waals surface area contributed by atoms with E-state index in [1.807, 2.05) is 13.0 Å². The molecule has 128 valence electrons. The number of rotatable bonds is 6. The Morgan fingerprint density at radius 1 is 1.21 bits per heavy atom. The summed E-state index contributed by atoms with van der Waals surface area (Å²) in [7, 11) is 3.36. The highest BCUT2D eigenvalue weighted by molar-refractivity contribution is 7.14. The van der Waals surface area contributed by atoms with Crippen molar-refractivity contribution in [2.75, 3.05) is 26.0 Å². The first kappa shape index (κ1) is 18.0. The van der Waals surface area contributed by atoms with Crippen molar-refractivity contribution >= 4 is 28.8 Å². The monoisotopic (exact) mass is 346 g/mol. The molecular formula is C18H22N2O3S. The Kier molecular flexibility index (Phi) is 5.98. The first-order valence-corrected chi connectivity index (χ1v) is 8.56. The highest BCUT2D eigenvalue weighted by Gasteiger charge is 2.12. The summed E-state index contributed by atoms with van der Waals surface area (Å²) in [5, 5.41) is 2.87. The molecule has 2 amide bonds. The fourth-order valence-electron chi connectivity index (χ4n) is 2.08. The molecule has 0 bridgehead atoms. The van der Waals surface area contributed by atoms with Crippen molar-refractivity contribution in [3.63, 3.8) is 0 Å². The van der Waals surface area contributed by atoms with Crippen LogP contribution in [-0.2, 0) is 11.2 Å². The summed E-state index contributed by atoms with van der Waals surface area (Å²) in [4.78, 5) is 27.1. The van der Waals surface area contributed by atoms with Crippen LogP contribution < -0.4 is 10.1 Å². The summed E-state index contributed by atoms with van der Waals surface area (Å²) in [5.41, 5.74) is 1.90. The highest BCUT2D eigenvalue weighted by Crippen LogP contribution is 2.23. The Hall–Kier alpha value is -2.34. The van der Waals surface area contributed by atoms with E-state index < -0.39 is 0 Å². The second-order valence-corrected chi connectivity index (χ2v) is 6.86. The van der Waals surface area contributed by atoms with Crippen molar-refractivity contribution < 1.29 is 14.3 Å². The molecule has 0 unspecified atom stereocenters. The van der Waals surface area contributed by atoms with E-state index in [0.717, 1.165) is 6.42 Å². The zero-order chi connectivity index (χ0) is 17.7. The van der Waals surface area contributed by atoms with Gasteiger partial charge in [0.15, 0.2) is 6.61 Å². The Morgan fingerprint density at radius 3 is 2.42 bits per heavy atom. The molecule has 1 heterocycles. The molecule has 0 saturated heterocycles. The molecule has 1 aromatic carbocycles. The van der Waals surface area contributed by atoms with Crippen LogP contribution in [0.1, 0.15) is 27.0 Å². The van der Waals surface area contributed by atoms with Crippen LogP contribution in [0, 0.1) is 6.92 Å². The van der Waals surface area contributed by atoms with Gasteiger partial charge in [0, 0.05) is 24.7 Å². The predicted molar refractivity (Wildman–Crippen MR) is 97.0 cm³/mol. The van der Waals surface area contributed by atoms with Crippen molar-refractivity contribution in [2.45, 2.75) is 20.3 Å². The third kappa shape index (κ3) is 4.58. The second-order valence-electron chi connectivity index (χ2n) is 5.60. The van der Waals surface area contributed by atoms with E-state index in [1.165, 1.54) is 26.7 Å². The van der Waals surface area contributed by atoms with Gasteiger partial charge in [-0.15, -0.1) is 11.3 Å². The number of hydrogen-bond acceptors (Lipinski definition) is 4. The van der Waals surface area contributed by atoms with Crippen LogP contribution in [0.25, 0.3) is 0 Å². The van der Waals surface area contributed by atoms with Gasteiger partial charge in [0.2, 0.25) is 0 Å².